The van der Waals surface area contributed by atoms with Gasteiger partial charge < -0.3 is 15.4 Å². The zero-order valence-electron chi connectivity index (χ0n) is 17.6. The molecule has 1 aliphatic heterocycles. The van der Waals surface area contributed by atoms with Crippen LogP contribution in [0.25, 0.3) is 11.3 Å². The summed E-state index contributed by atoms with van der Waals surface area (Å²) in [6.07, 6.45) is 6.08. The number of hydrogen-bond donors (Lipinski definition) is 2. The minimum absolute atomic E-state index is 0.0776. The molecule has 0 amide bonds. The summed E-state index contributed by atoms with van der Waals surface area (Å²) in [5, 5.41) is 15.5. The van der Waals surface area contributed by atoms with Crippen LogP contribution >= 0.6 is 0 Å². The van der Waals surface area contributed by atoms with Crippen molar-refractivity contribution in [3.05, 3.63) is 54.2 Å². The van der Waals surface area contributed by atoms with Gasteiger partial charge in [0.2, 0.25) is 5.95 Å². The van der Waals surface area contributed by atoms with Crippen molar-refractivity contribution >= 4 is 11.6 Å². The molecule has 4 aromatic rings. The van der Waals surface area contributed by atoms with Gasteiger partial charge in [0, 0.05) is 18.7 Å². The molecule has 1 aliphatic rings. The molecule has 31 heavy (non-hydrogen) atoms. The van der Waals surface area contributed by atoms with E-state index in [1.54, 1.807) is 15.5 Å². The van der Waals surface area contributed by atoms with Gasteiger partial charge in [-0.2, -0.15) is 24.7 Å². The molecule has 2 N–H and O–H groups in total. The first kappa shape index (κ1) is 19.4. The molecule has 10 heteroatoms. The molecule has 3 aromatic heterocycles. The lowest BCUT2D eigenvalue weighted by atomic mass is 10.1. The van der Waals surface area contributed by atoms with E-state index in [-0.39, 0.29) is 12.0 Å². The van der Waals surface area contributed by atoms with Crippen LogP contribution in [0.4, 0.5) is 5.95 Å². The number of aromatic nitrogens is 7. The van der Waals surface area contributed by atoms with Gasteiger partial charge >= 0.3 is 6.01 Å². The number of para-hydroxylation sites is 1. The highest BCUT2D eigenvalue weighted by Crippen LogP contribution is 2.24. The highest BCUT2D eigenvalue weighted by Gasteiger charge is 2.21. The van der Waals surface area contributed by atoms with Crippen LogP contribution < -0.4 is 15.4 Å². The Morgan fingerprint density at radius 1 is 1.23 bits per heavy atom. The van der Waals surface area contributed by atoms with Gasteiger partial charge in [-0.25, -0.2) is 9.67 Å². The van der Waals surface area contributed by atoms with E-state index >= 15 is 0 Å². The minimum atomic E-state index is 0.0776. The molecule has 160 valence electrons. The molecule has 1 saturated heterocycles. The minimum Gasteiger partial charge on any atom is -0.459 e. The molecule has 4 heterocycles. The number of rotatable bonds is 7. The summed E-state index contributed by atoms with van der Waals surface area (Å²) in [7, 11) is 0. The van der Waals surface area contributed by atoms with Crippen LogP contribution in [0.2, 0.25) is 0 Å². The average molecular weight is 419 g/mol. The number of ether oxygens (including phenoxy) is 1. The molecule has 1 fully saturated rings. The molecular weight excluding hydrogens is 394 g/mol. The van der Waals surface area contributed by atoms with Crippen molar-refractivity contribution in [2.24, 2.45) is 0 Å². The Morgan fingerprint density at radius 3 is 2.90 bits per heavy atom. The average Bonchev–Trinajstić information content (AvgIpc) is 3.53. The van der Waals surface area contributed by atoms with Gasteiger partial charge in [0.05, 0.1) is 11.9 Å². The molecule has 0 unspecified atom stereocenters. The molecule has 1 atom stereocenters. The molecule has 0 radical (unpaired) electrons. The van der Waals surface area contributed by atoms with Crippen molar-refractivity contribution in [2.45, 2.75) is 38.8 Å². The third-order valence-corrected chi connectivity index (χ3v) is 5.38. The van der Waals surface area contributed by atoms with Crippen LogP contribution in [-0.4, -0.2) is 53.5 Å². The first-order chi connectivity index (χ1) is 15.2. The smallest absolute Gasteiger partial charge is 0.322 e. The topological polar surface area (TPSA) is 107 Å². The second-order valence-corrected chi connectivity index (χ2v) is 7.87. The predicted octanol–water partition coefficient (Wildman–Crippen LogP) is 2.18. The normalized spacial score (nSPS) is 16.3. The molecule has 0 saturated carbocycles. The number of fused-ring (bicyclic) bond motifs is 1. The molecule has 0 bridgehead atoms. The monoisotopic (exact) mass is 419 g/mol. The fourth-order valence-corrected chi connectivity index (χ4v) is 3.72. The van der Waals surface area contributed by atoms with Crippen LogP contribution in [0.5, 0.6) is 6.01 Å². The molecule has 5 rings (SSSR count). The quantitative estimate of drug-likeness (QED) is 0.469. The van der Waals surface area contributed by atoms with E-state index in [1.807, 2.05) is 30.5 Å². The Kier molecular flexibility index (Phi) is 5.21. The zero-order valence-corrected chi connectivity index (χ0v) is 17.6. The highest BCUT2D eigenvalue weighted by atomic mass is 16.5. The molecule has 0 aliphatic carbocycles. The number of anilines is 1. The van der Waals surface area contributed by atoms with Gasteiger partial charge in [-0.05, 0) is 30.5 Å². The summed E-state index contributed by atoms with van der Waals surface area (Å²) in [4.78, 5) is 13.4. The summed E-state index contributed by atoms with van der Waals surface area (Å²) in [5.74, 6) is 0.875. The molecule has 0 spiro atoms. The van der Waals surface area contributed by atoms with E-state index in [2.05, 4.69) is 49.6 Å². The maximum Gasteiger partial charge on any atom is 0.322 e. The van der Waals surface area contributed by atoms with Crippen LogP contribution in [0, 0.1) is 0 Å². The maximum atomic E-state index is 6.07. The van der Waals surface area contributed by atoms with Crippen molar-refractivity contribution in [1.82, 2.24) is 39.7 Å². The van der Waals surface area contributed by atoms with Gasteiger partial charge in [0.25, 0.3) is 0 Å². The number of nitrogens with zero attached hydrogens (tertiary/aromatic N) is 7. The van der Waals surface area contributed by atoms with E-state index in [0.717, 1.165) is 42.0 Å². The van der Waals surface area contributed by atoms with Crippen LogP contribution in [-0.2, 0) is 6.54 Å². The summed E-state index contributed by atoms with van der Waals surface area (Å²) < 4.78 is 9.57. The van der Waals surface area contributed by atoms with Crippen molar-refractivity contribution < 1.29 is 4.74 Å². The van der Waals surface area contributed by atoms with Gasteiger partial charge in [0.1, 0.15) is 18.8 Å². The lowest BCUT2D eigenvalue weighted by molar-refractivity contribution is 0.204. The molecule has 1 aromatic carbocycles. The molecule has 10 nitrogen and oxygen atoms in total. The van der Waals surface area contributed by atoms with Gasteiger partial charge in [-0.1, -0.05) is 32.0 Å². The predicted molar refractivity (Wildman–Crippen MR) is 115 cm³/mol. The van der Waals surface area contributed by atoms with E-state index in [1.165, 1.54) is 6.33 Å². The molecular formula is C21H25N9O. The third kappa shape index (κ3) is 3.93. The van der Waals surface area contributed by atoms with E-state index in [0.29, 0.717) is 18.5 Å². The van der Waals surface area contributed by atoms with Crippen molar-refractivity contribution in [1.29, 1.82) is 0 Å². The largest absolute Gasteiger partial charge is 0.459 e. The Hall–Kier alpha value is -3.53. The second kappa shape index (κ2) is 8.31. The van der Waals surface area contributed by atoms with E-state index in [9.17, 15) is 0 Å². The lowest BCUT2D eigenvalue weighted by Crippen LogP contribution is -2.21. The van der Waals surface area contributed by atoms with Gasteiger partial charge in [-0.15, -0.1) is 0 Å². The van der Waals surface area contributed by atoms with Crippen molar-refractivity contribution in [2.75, 3.05) is 18.4 Å². The standard InChI is InChI=1S/C21H25N9O/c1-14(2)17-11-25-30-19(17)27-21(31-16-7-8-22-10-16)28-20(30)24-9-15-5-3-4-6-18(15)29-13-23-12-26-29/h3-6,11-14,16,22H,7-10H2,1-2H3,(H,24,27,28)/t16-/m1/s1. The van der Waals surface area contributed by atoms with Crippen LogP contribution in [0.1, 0.15) is 37.3 Å². The van der Waals surface area contributed by atoms with Crippen molar-refractivity contribution in [3.8, 4) is 11.7 Å². The summed E-state index contributed by atoms with van der Waals surface area (Å²) in [6.45, 7) is 6.54. The Morgan fingerprint density at radius 2 is 2.13 bits per heavy atom. The number of nitrogens with one attached hydrogen (secondary N) is 2. The number of benzene rings is 1. The zero-order chi connectivity index (χ0) is 21.2. The van der Waals surface area contributed by atoms with Crippen LogP contribution in [0.15, 0.2) is 43.1 Å². The third-order valence-electron chi connectivity index (χ3n) is 5.38. The summed E-state index contributed by atoms with van der Waals surface area (Å²) in [6, 6.07) is 8.41. The second-order valence-electron chi connectivity index (χ2n) is 7.87. The van der Waals surface area contributed by atoms with E-state index < -0.39 is 0 Å². The van der Waals surface area contributed by atoms with Gasteiger partial charge in [-0.3, -0.25) is 0 Å². The van der Waals surface area contributed by atoms with Gasteiger partial charge in [0.15, 0.2) is 5.65 Å². The Balaban J connectivity index is 1.48. The fraction of sp³-hybridized carbons (Fsp3) is 0.381. The SMILES string of the molecule is CC(C)c1cnn2c(NCc3ccccc3-n3cncn3)nc(O[C@@H]3CCNC3)nc12. The van der Waals surface area contributed by atoms with E-state index in [4.69, 9.17) is 4.74 Å². The Bertz CT molecular complexity index is 1160. The fourth-order valence-electron chi connectivity index (χ4n) is 3.72. The summed E-state index contributed by atoms with van der Waals surface area (Å²) >= 11 is 0. The maximum absolute atomic E-state index is 6.07. The number of hydrogen-bond acceptors (Lipinski definition) is 8. The highest BCUT2D eigenvalue weighted by molar-refractivity contribution is 5.53. The lowest BCUT2D eigenvalue weighted by Gasteiger charge is -2.15. The summed E-state index contributed by atoms with van der Waals surface area (Å²) in [5.41, 5.74) is 3.83. The Labute approximate surface area is 179 Å². The van der Waals surface area contributed by atoms with Crippen LogP contribution in [0.3, 0.4) is 0 Å². The first-order valence-electron chi connectivity index (χ1n) is 10.5. The first-order valence-corrected chi connectivity index (χ1v) is 10.5. The van der Waals surface area contributed by atoms with Crippen molar-refractivity contribution in [3.63, 3.8) is 0 Å².